The molecule has 2 rings (SSSR count). The van der Waals surface area contributed by atoms with E-state index in [4.69, 9.17) is 14.4 Å². The van der Waals surface area contributed by atoms with Gasteiger partial charge in [0.2, 0.25) is 0 Å². The third kappa shape index (κ3) is 2.12. The van der Waals surface area contributed by atoms with E-state index in [1.165, 1.54) is 0 Å². The molecule has 1 unspecified atom stereocenters. The van der Waals surface area contributed by atoms with Crippen LogP contribution in [0.1, 0.15) is 24.7 Å². The molecule has 3 nitrogen and oxygen atoms in total. The predicted octanol–water partition coefficient (Wildman–Crippen LogP) is 3.73. The lowest BCUT2D eigenvalue weighted by molar-refractivity contribution is 0.252. The summed E-state index contributed by atoms with van der Waals surface area (Å²) in [5, 5.41) is 9.95. The summed E-state index contributed by atoms with van der Waals surface area (Å²) in [6, 6.07) is 7.81. The lowest BCUT2D eigenvalue weighted by Gasteiger charge is -2.09. The number of fused-ring (bicyclic) bond motifs is 1. The van der Waals surface area contributed by atoms with E-state index in [1.807, 2.05) is 39.0 Å². The first-order chi connectivity index (χ1) is 8.15. The minimum Gasteiger partial charge on any atom is -0.475 e. The number of rotatable bonds is 3. The topological polar surface area (TPSA) is 46.2 Å². The molecule has 0 N–H and O–H groups in total. The van der Waals surface area contributed by atoms with E-state index in [2.05, 4.69) is 6.07 Å². The number of benzene rings is 1. The molecule has 0 aliphatic rings. The lowest BCUT2D eigenvalue weighted by Crippen LogP contribution is -2.11. The molecule has 1 heterocycles. The van der Waals surface area contributed by atoms with Crippen LogP contribution in [-0.2, 0) is 0 Å². The van der Waals surface area contributed by atoms with Gasteiger partial charge in [-0.15, -0.1) is 0 Å². The Balaban J connectivity index is 2.36. The molecule has 1 aromatic carbocycles. The number of aryl methyl sites for hydroxylation is 2. The molecule has 2 aromatic rings. The summed E-state index contributed by atoms with van der Waals surface area (Å²) >= 11 is 0. The van der Waals surface area contributed by atoms with Gasteiger partial charge >= 0.3 is 0 Å². The average molecular weight is 229 g/mol. The van der Waals surface area contributed by atoms with Gasteiger partial charge in [-0.3, -0.25) is 0 Å². The van der Waals surface area contributed by atoms with Crippen molar-refractivity contribution in [2.45, 2.75) is 33.3 Å². The molecule has 0 bridgehead atoms. The minimum atomic E-state index is -0.399. The van der Waals surface area contributed by atoms with Gasteiger partial charge in [0.15, 0.2) is 6.10 Å². The van der Waals surface area contributed by atoms with E-state index >= 15 is 0 Å². The van der Waals surface area contributed by atoms with Gasteiger partial charge in [0, 0.05) is 11.5 Å². The maximum absolute atomic E-state index is 8.85. The summed E-state index contributed by atoms with van der Waals surface area (Å²) in [6.45, 7) is 5.90. The maximum Gasteiger partial charge on any atom is 0.184 e. The highest BCUT2D eigenvalue weighted by molar-refractivity contribution is 5.83. The second-order valence-electron chi connectivity index (χ2n) is 4.09. The molecule has 88 valence electrons. The fraction of sp³-hybridized carbons (Fsp3) is 0.357. The number of ether oxygens (including phenoxy) is 1. The van der Waals surface area contributed by atoms with Crippen LogP contribution in [-0.4, -0.2) is 6.10 Å². The first-order valence-corrected chi connectivity index (χ1v) is 5.71. The van der Waals surface area contributed by atoms with E-state index in [1.54, 1.807) is 0 Å². The number of furan rings is 1. The van der Waals surface area contributed by atoms with Crippen LogP contribution in [0.15, 0.2) is 22.6 Å². The van der Waals surface area contributed by atoms with E-state index in [0.29, 0.717) is 12.2 Å². The Kier molecular flexibility index (Phi) is 3.06. The highest BCUT2D eigenvalue weighted by Crippen LogP contribution is 2.28. The molecule has 0 aliphatic carbocycles. The molecule has 1 atom stereocenters. The fourth-order valence-electron chi connectivity index (χ4n) is 1.77. The molecule has 17 heavy (non-hydrogen) atoms. The third-order valence-corrected chi connectivity index (χ3v) is 2.94. The Bertz CT molecular complexity index is 578. The van der Waals surface area contributed by atoms with Gasteiger partial charge in [-0.2, -0.15) is 5.26 Å². The van der Waals surface area contributed by atoms with E-state index in [9.17, 15) is 0 Å². The molecular weight excluding hydrogens is 214 g/mol. The maximum atomic E-state index is 8.85. The van der Waals surface area contributed by atoms with Crippen LogP contribution in [0, 0.1) is 25.2 Å². The van der Waals surface area contributed by atoms with Crippen LogP contribution in [0.3, 0.4) is 0 Å². The smallest absolute Gasteiger partial charge is 0.184 e. The van der Waals surface area contributed by atoms with Crippen molar-refractivity contribution >= 4 is 11.0 Å². The van der Waals surface area contributed by atoms with E-state index in [0.717, 1.165) is 22.3 Å². The zero-order valence-electron chi connectivity index (χ0n) is 10.3. The summed E-state index contributed by atoms with van der Waals surface area (Å²) in [5.74, 6) is 1.60. The second-order valence-corrected chi connectivity index (χ2v) is 4.09. The van der Waals surface area contributed by atoms with Crippen molar-refractivity contribution in [2.75, 3.05) is 0 Å². The third-order valence-electron chi connectivity index (χ3n) is 2.94. The van der Waals surface area contributed by atoms with Crippen LogP contribution in [0.5, 0.6) is 5.75 Å². The van der Waals surface area contributed by atoms with Gasteiger partial charge in [0.1, 0.15) is 23.2 Å². The number of nitriles is 1. The number of nitrogens with zero attached hydrogens (tertiary/aromatic N) is 1. The lowest BCUT2D eigenvalue weighted by atomic mass is 10.1. The molecule has 1 aromatic heterocycles. The first-order valence-electron chi connectivity index (χ1n) is 5.71. The van der Waals surface area contributed by atoms with Crippen LogP contribution in [0.2, 0.25) is 0 Å². The first kappa shape index (κ1) is 11.5. The molecule has 0 amide bonds. The van der Waals surface area contributed by atoms with Crippen molar-refractivity contribution in [3.63, 3.8) is 0 Å². The fourth-order valence-corrected chi connectivity index (χ4v) is 1.77. The van der Waals surface area contributed by atoms with Gasteiger partial charge < -0.3 is 9.15 Å². The Labute approximate surface area is 101 Å². The standard InChI is InChI=1S/C14H15NO2/c1-4-11(8-15)17-12-5-6-13-9(2)10(3)16-14(13)7-12/h5-7,11H,4H2,1-3H3. The van der Waals surface area contributed by atoms with Crippen molar-refractivity contribution < 1.29 is 9.15 Å². The van der Waals surface area contributed by atoms with Crippen LogP contribution in [0.4, 0.5) is 0 Å². The second kappa shape index (κ2) is 4.50. The quantitative estimate of drug-likeness (QED) is 0.805. The van der Waals surface area contributed by atoms with Crippen molar-refractivity contribution in [3.05, 3.63) is 29.5 Å². The van der Waals surface area contributed by atoms with Gasteiger partial charge in [-0.25, -0.2) is 0 Å². The molecule has 0 saturated heterocycles. The minimum absolute atomic E-state index is 0.399. The van der Waals surface area contributed by atoms with Gasteiger partial charge in [0.05, 0.1) is 0 Å². The highest BCUT2D eigenvalue weighted by atomic mass is 16.5. The molecule has 3 heteroatoms. The molecule has 0 radical (unpaired) electrons. The average Bonchev–Trinajstić information content (AvgIpc) is 2.62. The largest absolute Gasteiger partial charge is 0.475 e. The zero-order chi connectivity index (χ0) is 12.4. The summed E-state index contributed by atoms with van der Waals surface area (Å²) < 4.78 is 11.2. The van der Waals surface area contributed by atoms with Crippen molar-refractivity contribution in [3.8, 4) is 11.8 Å². The SMILES string of the molecule is CCC(C#N)Oc1ccc2c(C)c(C)oc2c1. The molecular formula is C14H15NO2. The van der Waals surface area contributed by atoms with E-state index < -0.39 is 6.10 Å². The summed E-state index contributed by atoms with van der Waals surface area (Å²) in [7, 11) is 0. The molecule has 0 fully saturated rings. The number of hydrogen-bond acceptors (Lipinski definition) is 3. The van der Waals surface area contributed by atoms with Gasteiger partial charge in [0.25, 0.3) is 0 Å². The summed E-state index contributed by atoms with van der Waals surface area (Å²) in [4.78, 5) is 0. The molecule has 0 aliphatic heterocycles. The van der Waals surface area contributed by atoms with Gasteiger partial charge in [-0.05, 0) is 38.0 Å². The summed E-state index contributed by atoms with van der Waals surface area (Å²) in [5.41, 5.74) is 1.96. The molecule has 0 spiro atoms. The zero-order valence-corrected chi connectivity index (χ0v) is 10.3. The Hall–Kier alpha value is -1.95. The van der Waals surface area contributed by atoms with Crippen molar-refractivity contribution in [1.82, 2.24) is 0 Å². The van der Waals surface area contributed by atoms with E-state index in [-0.39, 0.29) is 0 Å². The highest BCUT2D eigenvalue weighted by Gasteiger charge is 2.10. The summed E-state index contributed by atoms with van der Waals surface area (Å²) in [6.07, 6.45) is 0.273. The predicted molar refractivity (Wildman–Crippen MR) is 66.0 cm³/mol. The Morgan fingerprint density at radius 2 is 2.18 bits per heavy atom. The normalized spacial score (nSPS) is 12.4. The number of hydrogen-bond donors (Lipinski definition) is 0. The Morgan fingerprint density at radius 3 is 2.82 bits per heavy atom. The van der Waals surface area contributed by atoms with Crippen molar-refractivity contribution in [1.29, 1.82) is 5.26 Å². The Morgan fingerprint density at radius 1 is 1.41 bits per heavy atom. The van der Waals surface area contributed by atoms with Crippen LogP contribution >= 0.6 is 0 Å². The van der Waals surface area contributed by atoms with Crippen LogP contribution in [0.25, 0.3) is 11.0 Å². The van der Waals surface area contributed by atoms with Crippen LogP contribution < -0.4 is 4.74 Å². The van der Waals surface area contributed by atoms with Crippen molar-refractivity contribution in [2.24, 2.45) is 0 Å². The molecule has 0 saturated carbocycles. The van der Waals surface area contributed by atoms with Gasteiger partial charge in [-0.1, -0.05) is 6.92 Å². The monoisotopic (exact) mass is 229 g/mol.